The number of halogens is 1. The second-order valence-corrected chi connectivity index (χ2v) is 7.51. The van der Waals surface area contributed by atoms with Crippen LogP contribution in [-0.4, -0.2) is 66.3 Å². The molecule has 4 rings (SSSR count). The number of hydrogen-bond donors (Lipinski definition) is 2. The van der Waals surface area contributed by atoms with Crippen molar-refractivity contribution in [2.75, 3.05) is 59.2 Å². The van der Waals surface area contributed by atoms with E-state index >= 15 is 0 Å². The van der Waals surface area contributed by atoms with Crippen molar-refractivity contribution in [1.29, 1.82) is 0 Å². The fourth-order valence-corrected chi connectivity index (χ4v) is 3.78. The zero-order chi connectivity index (χ0) is 22.3. The summed E-state index contributed by atoms with van der Waals surface area (Å²) in [5.74, 6) is 4.55. The van der Waals surface area contributed by atoms with Gasteiger partial charge in [-0.1, -0.05) is 0 Å². The van der Waals surface area contributed by atoms with E-state index in [4.69, 9.17) is 23.7 Å². The zero-order valence-corrected chi connectivity index (χ0v) is 21.5. The Balaban J connectivity index is 0.00000306. The van der Waals surface area contributed by atoms with Gasteiger partial charge in [-0.05, 0) is 18.6 Å². The van der Waals surface area contributed by atoms with E-state index in [0.29, 0.717) is 18.9 Å². The molecule has 0 radical (unpaired) electrons. The highest BCUT2D eigenvalue weighted by molar-refractivity contribution is 14.0. The van der Waals surface area contributed by atoms with Crippen LogP contribution in [0.2, 0.25) is 0 Å². The van der Waals surface area contributed by atoms with Crippen LogP contribution in [0.15, 0.2) is 41.4 Å². The van der Waals surface area contributed by atoms with Crippen molar-refractivity contribution in [3.05, 3.63) is 36.4 Å². The number of rotatable bonds is 8. The molecule has 1 unspecified atom stereocenters. The molecule has 0 bridgehead atoms. The van der Waals surface area contributed by atoms with Gasteiger partial charge in [-0.25, -0.2) is 0 Å². The standard InChI is InChI=1S/C23H30N4O5.HI/c1-24-23(25-7-9-30-18-4-5-21-22(13-18)32-15-31-21)26-16-6-8-27(14-16)17-10-19(28-2)12-20(11-17)29-3;/h4-5,10-13,16H,6-9,14-15H2,1-3H3,(H2,24,25,26);1H. The SMILES string of the molecule is CN=C(NCCOc1ccc2c(c1)OCO2)NC1CCN(c2cc(OC)cc(OC)c2)C1.I. The minimum Gasteiger partial charge on any atom is -0.497 e. The molecule has 10 heteroatoms. The summed E-state index contributed by atoms with van der Waals surface area (Å²) >= 11 is 0. The Morgan fingerprint density at radius 1 is 1.06 bits per heavy atom. The smallest absolute Gasteiger partial charge is 0.231 e. The summed E-state index contributed by atoms with van der Waals surface area (Å²) in [4.78, 5) is 6.66. The van der Waals surface area contributed by atoms with Gasteiger partial charge in [0.2, 0.25) is 6.79 Å². The molecular weight excluding hydrogens is 539 g/mol. The van der Waals surface area contributed by atoms with E-state index in [2.05, 4.69) is 20.5 Å². The van der Waals surface area contributed by atoms with Gasteiger partial charge in [0.25, 0.3) is 0 Å². The fraction of sp³-hybridized carbons (Fsp3) is 0.435. The lowest BCUT2D eigenvalue weighted by Gasteiger charge is -2.21. The number of benzene rings is 2. The molecule has 2 N–H and O–H groups in total. The maximum Gasteiger partial charge on any atom is 0.231 e. The molecule has 0 saturated carbocycles. The van der Waals surface area contributed by atoms with E-state index < -0.39 is 0 Å². The molecule has 33 heavy (non-hydrogen) atoms. The number of ether oxygens (including phenoxy) is 5. The lowest BCUT2D eigenvalue weighted by molar-refractivity contribution is 0.173. The first-order valence-corrected chi connectivity index (χ1v) is 10.7. The van der Waals surface area contributed by atoms with E-state index in [1.807, 2.05) is 36.4 Å². The predicted molar refractivity (Wildman–Crippen MR) is 138 cm³/mol. The molecule has 1 saturated heterocycles. The molecule has 2 aromatic rings. The zero-order valence-electron chi connectivity index (χ0n) is 19.1. The Hall–Kier alpha value is -2.76. The second kappa shape index (κ2) is 11.9. The quantitative estimate of drug-likeness (QED) is 0.217. The first kappa shape index (κ1) is 24.9. The van der Waals surface area contributed by atoms with Crippen LogP contribution >= 0.6 is 24.0 Å². The first-order chi connectivity index (χ1) is 15.7. The third-order valence-corrected chi connectivity index (χ3v) is 5.46. The summed E-state index contributed by atoms with van der Waals surface area (Å²) in [6, 6.07) is 11.8. The summed E-state index contributed by atoms with van der Waals surface area (Å²) in [6.07, 6.45) is 1.01. The van der Waals surface area contributed by atoms with Gasteiger partial charge in [-0.2, -0.15) is 0 Å². The van der Waals surface area contributed by atoms with Crippen molar-refractivity contribution in [3.8, 4) is 28.7 Å². The van der Waals surface area contributed by atoms with Gasteiger partial charge >= 0.3 is 0 Å². The van der Waals surface area contributed by atoms with Gasteiger partial charge in [0.1, 0.15) is 23.9 Å². The molecule has 0 aliphatic carbocycles. The first-order valence-electron chi connectivity index (χ1n) is 10.7. The largest absolute Gasteiger partial charge is 0.497 e. The van der Waals surface area contributed by atoms with Crippen LogP contribution < -0.4 is 39.2 Å². The molecule has 9 nitrogen and oxygen atoms in total. The number of nitrogens with one attached hydrogen (secondary N) is 2. The van der Waals surface area contributed by atoms with Crippen LogP contribution in [0.5, 0.6) is 28.7 Å². The van der Waals surface area contributed by atoms with E-state index in [0.717, 1.165) is 54.2 Å². The maximum absolute atomic E-state index is 5.80. The molecule has 1 fully saturated rings. The summed E-state index contributed by atoms with van der Waals surface area (Å²) in [6.45, 7) is 3.19. The third kappa shape index (κ3) is 6.40. The molecule has 180 valence electrons. The molecule has 2 aromatic carbocycles. The van der Waals surface area contributed by atoms with Crippen molar-refractivity contribution >= 4 is 35.6 Å². The van der Waals surface area contributed by atoms with Gasteiger partial charge in [-0.3, -0.25) is 4.99 Å². The summed E-state index contributed by atoms with van der Waals surface area (Å²) in [5.41, 5.74) is 1.09. The third-order valence-electron chi connectivity index (χ3n) is 5.46. The van der Waals surface area contributed by atoms with Crippen molar-refractivity contribution in [2.45, 2.75) is 12.5 Å². The number of hydrogen-bond acceptors (Lipinski definition) is 7. The molecule has 1 atom stereocenters. The van der Waals surface area contributed by atoms with Crippen LogP contribution in [0.25, 0.3) is 0 Å². The highest BCUT2D eigenvalue weighted by Crippen LogP contribution is 2.35. The molecule has 2 heterocycles. The minimum absolute atomic E-state index is 0. The van der Waals surface area contributed by atoms with E-state index in [9.17, 15) is 0 Å². The fourth-order valence-electron chi connectivity index (χ4n) is 3.78. The lowest BCUT2D eigenvalue weighted by atomic mass is 10.2. The summed E-state index contributed by atoms with van der Waals surface area (Å²) < 4.78 is 27.3. The summed E-state index contributed by atoms with van der Waals surface area (Å²) in [5, 5.41) is 6.81. The number of methoxy groups -OCH3 is 2. The van der Waals surface area contributed by atoms with E-state index in [-0.39, 0.29) is 36.8 Å². The highest BCUT2D eigenvalue weighted by Gasteiger charge is 2.24. The van der Waals surface area contributed by atoms with Gasteiger partial charge in [0.05, 0.1) is 20.8 Å². The predicted octanol–water partition coefficient (Wildman–Crippen LogP) is 2.87. The number of nitrogens with zero attached hydrogens (tertiary/aromatic N) is 2. The van der Waals surface area contributed by atoms with E-state index in [1.54, 1.807) is 21.3 Å². The number of fused-ring (bicyclic) bond motifs is 1. The number of anilines is 1. The summed E-state index contributed by atoms with van der Waals surface area (Å²) in [7, 11) is 5.10. The monoisotopic (exact) mass is 570 g/mol. The molecule has 2 aliphatic rings. The molecule has 2 aliphatic heterocycles. The van der Waals surface area contributed by atoms with Crippen LogP contribution in [0.3, 0.4) is 0 Å². The number of guanidine groups is 1. The topological polar surface area (TPSA) is 85.8 Å². The van der Waals surface area contributed by atoms with Crippen molar-refractivity contribution in [3.63, 3.8) is 0 Å². The van der Waals surface area contributed by atoms with Crippen molar-refractivity contribution in [1.82, 2.24) is 10.6 Å². The number of aliphatic imine (C=N–C) groups is 1. The minimum atomic E-state index is 0. The Morgan fingerprint density at radius 2 is 1.82 bits per heavy atom. The Bertz CT molecular complexity index is 936. The molecule has 0 aromatic heterocycles. The van der Waals surface area contributed by atoms with Crippen LogP contribution in [0.1, 0.15) is 6.42 Å². The van der Waals surface area contributed by atoms with Crippen LogP contribution in [-0.2, 0) is 0 Å². The molecule has 0 amide bonds. The van der Waals surface area contributed by atoms with E-state index in [1.165, 1.54) is 0 Å². The van der Waals surface area contributed by atoms with Gasteiger partial charge in [0, 0.05) is 56.1 Å². The molecular formula is C23H31IN4O5. The van der Waals surface area contributed by atoms with Crippen LogP contribution in [0, 0.1) is 0 Å². The van der Waals surface area contributed by atoms with Gasteiger partial charge < -0.3 is 39.2 Å². The Kier molecular flexibility index (Phi) is 8.98. The Labute approximate surface area is 211 Å². The molecule has 0 spiro atoms. The average Bonchev–Trinajstić information content (AvgIpc) is 3.49. The normalized spacial score (nSPS) is 16.8. The second-order valence-electron chi connectivity index (χ2n) is 7.51. The van der Waals surface area contributed by atoms with Crippen molar-refractivity contribution < 1.29 is 23.7 Å². The van der Waals surface area contributed by atoms with Gasteiger partial charge in [-0.15, -0.1) is 24.0 Å². The van der Waals surface area contributed by atoms with Crippen molar-refractivity contribution in [2.24, 2.45) is 4.99 Å². The average molecular weight is 570 g/mol. The Morgan fingerprint density at radius 3 is 2.55 bits per heavy atom. The maximum atomic E-state index is 5.80. The lowest BCUT2D eigenvalue weighted by Crippen LogP contribution is -2.45. The van der Waals surface area contributed by atoms with Crippen LogP contribution in [0.4, 0.5) is 5.69 Å². The van der Waals surface area contributed by atoms with Gasteiger partial charge in [0.15, 0.2) is 17.5 Å². The highest BCUT2D eigenvalue weighted by atomic mass is 127.